The van der Waals surface area contributed by atoms with E-state index >= 15 is 0 Å². The van der Waals surface area contributed by atoms with Gasteiger partial charge in [0.05, 0.1) is 11.4 Å². The Morgan fingerprint density at radius 2 is 2.05 bits per heavy atom. The van der Waals surface area contributed by atoms with Crippen LogP contribution in [0.3, 0.4) is 0 Å². The van der Waals surface area contributed by atoms with Gasteiger partial charge in [-0.05, 0) is 25.0 Å². The summed E-state index contributed by atoms with van der Waals surface area (Å²) < 4.78 is 31.9. The highest BCUT2D eigenvalue weighted by Gasteiger charge is 2.16. The van der Waals surface area contributed by atoms with Crippen molar-refractivity contribution in [2.45, 2.75) is 17.7 Å². The molecule has 0 aliphatic rings. The molecule has 1 aromatic carbocycles. The normalized spacial score (nSPS) is 10.9. The van der Waals surface area contributed by atoms with Gasteiger partial charge in [-0.1, -0.05) is 24.0 Å². The lowest BCUT2D eigenvalue weighted by atomic mass is 10.2. The molecule has 0 saturated heterocycles. The molecule has 1 rings (SSSR count). The molecule has 6 heteroatoms. The summed E-state index contributed by atoms with van der Waals surface area (Å²) in [6.45, 7) is 1.20. The summed E-state index contributed by atoms with van der Waals surface area (Å²) in [5.74, 6) is 5.45. The van der Waals surface area contributed by atoms with Gasteiger partial charge < -0.3 is 10.5 Å². The predicted molar refractivity (Wildman–Crippen MR) is 78.7 cm³/mol. The zero-order valence-corrected chi connectivity index (χ0v) is 12.4. The molecule has 0 saturated carbocycles. The lowest BCUT2D eigenvalue weighted by Crippen LogP contribution is -2.25. The number of ether oxygens (including phenoxy) is 1. The van der Waals surface area contributed by atoms with E-state index in [0.717, 1.165) is 12.8 Å². The molecule has 1 aromatic rings. The standard InChI is InChI=1S/C14H20N2O3S/c1-19-12-5-4-11-16-20(17,18)14-9-3-2-7-13(14)8-6-10-15/h2-3,7,9,16H,4-5,10-12,15H2,1H3. The largest absolute Gasteiger partial charge is 0.385 e. The van der Waals surface area contributed by atoms with Crippen molar-refractivity contribution < 1.29 is 13.2 Å². The number of benzene rings is 1. The zero-order chi connectivity index (χ0) is 14.8. The molecular formula is C14H20N2O3S. The fourth-order valence-electron chi connectivity index (χ4n) is 1.61. The third kappa shape index (κ3) is 5.31. The monoisotopic (exact) mass is 296 g/mol. The van der Waals surface area contributed by atoms with Crippen molar-refractivity contribution in [2.75, 3.05) is 26.8 Å². The summed E-state index contributed by atoms with van der Waals surface area (Å²) in [6, 6.07) is 6.63. The molecule has 0 aliphatic heterocycles. The van der Waals surface area contributed by atoms with Crippen LogP contribution in [-0.4, -0.2) is 35.2 Å². The lowest BCUT2D eigenvalue weighted by Gasteiger charge is -2.08. The van der Waals surface area contributed by atoms with Gasteiger partial charge in [-0.3, -0.25) is 0 Å². The van der Waals surface area contributed by atoms with E-state index in [1.165, 1.54) is 6.07 Å². The molecule has 0 radical (unpaired) electrons. The van der Waals surface area contributed by atoms with Gasteiger partial charge in [0.15, 0.2) is 0 Å². The molecule has 0 heterocycles. The predicted octanol–water partition coefficient (Wildman–Crippen LogP) is 0.702. The Hall–Kier alpha value is -1.39. The van der Waals surface area contributed by atoms with Crippen molar-refractivity contribution in [1.82, 2.24) is 4.72 Å². The number of nitrogens with one attached hydrogen (secondary N) is 1. The number of rotatable bonds is 7. The van der Waals surface area contributed by atoms with Crippen LogP contribution in [0.2, 0.25) is 0 Å². The number of hydrogen-bond acceptors (Lipinski definition) is 4. The molecule has 0 fully saturated rings. The van der Waals surface area contributed by atoms with E-state index in [2.05, 4.69) is 16.6 Å². The van der Waals surface area contributed by atoms with Crippen LogP contribution >= 0.6 is 0 Å². The first-order valence-corrected chi connectivity index (χ1v) is 7.86. The number of nitrogens with two attached hydrogens (primary N) is 1. The Balaban J connectivity index is 2.77. The third-order valence-corrected chi connectivity index (χ3v) is 4.09. The minimum Gasteiger partial charge on any atom is -0.385 e. The van der Waals surface area contributed by atoms with Crippen LogP contribution in [-0.2, 0) is 14.8 Å². The summed E-state index contributed by atoms with van der Waals surface area (Å²) >= 11 is 0. The smallest absolute Gasteiger partial charge is 0.241 e. The fourth-order valence-corrected chi connectivity index (χ4v) is 2.84. The van der Waals surface area contributed by atoms with Crippen LogP contribution in [0, 0.1) is 11.8 Å². The van der Waals surface area contributed by atoms with Crippen LogP contribution in [0.4, 0.5) is 0 Å². The molecular weight excluding hydrogens is 276 g/mol. The highest BCUT2D eigenvalue weighted by atomic mass is 32.2. The van der Waals surface area contributed by atoms with Crippen LogP contribution in [0.25, 0.3) is 0 Å². The highest BCUT2D eigenvalue weighted by molar-refractivity contribution is 7.89. The number of sulfonamides is 1. The van der Waals surface area contributed by atoms with Crippen LogP contribution in [0.1, 0.15) is 18.4 Å². The minimum atomic E-state index is -3.54. The SMILES string of the molecule is COCCCCNS(=O)(=O)c1ccccc1C#CCN. The van der Waals surface area contributed by atoms with Crippen molar-refractivity contribution >= 4 is 10.0 Å². The summed E-state index contributed by atoms with van der Waals surface area (Å²) in [6.07, 6.45) is 1.54. The molecule has 0 atom stereocenters. The second-order valence-electron chi connectivity index (χ2n) is 4.10. The van der Waals surface area contributed by atoms with Gasteiger partial charge in [-0.15, -0.1) is 0 Å². The highest BCUT2D eigenvalue weighted by Crippen LogP contribution is 2.14. The Morgan fingerprint density at radius 3 is 2.75 bits per heavy atom. The minimum absolute atomic E-state index is 0.188. The van der Waals surface area contributed by atoms with Gasteiger partial charge in [0, 0.05) is 25.8 Å². The molecule has 0 aromatic heterocycles. The number of methoxy groups -OCH3 is 1. The van der Waals surface area contributed by atoms with Crippen molar-refractivity contribution in [1.29, 1.82) is 0 Å². The average Bonchev–Trinajstić information content (AvgIpc) is 2.45. The summed E-state index contributed by atoms with van der Waals surface area (Å²) in [5, 5.41) is 0. The molecule has 0 unspecified atom stereocenters. The lowest BCUT2D eigenvalue weighted by molar-refractivity contribution is 0.193. The first-order valence-electron chi connectivity index (χ1n) is 6.38. The average molecular weight is 296 g/mol. The molecule has 0 aliphatic carbocycles. The van der Waals surface area contributed by atoms with Gasteiger partial charge in [0.25, 0.3) is 0 Å². The zero-order valence-electron chi connectivity index (χ0n) is 11.6. The van der Waals surface area contributed by atoms with Gasteiger partial charge in [0.2, 0.25) is 10.0 Å². The Labute approximate surface area is 120 Å². The summed E-state index contributed by atoms with van der Waals surface area (Å²) in [7, 11) is -1.92. The molecule has 0 bridgehead atoms. The Bertz CT molecular complexity index is 574. The molecule has 0 amide bonds. The first kappa shape index (κ1) is 16.7. The van der Waals surface area contributed by atoms with Crippen molar-refractivity contribution in [3.63, 3.8) is 0 Å². The Morgan fingerprint density at radius 1 is 1.30 bits per heavy atom. The quantitative estimate of drug-likeness (QED) is 0.573. The molecule has 20 heavy (non-hydrogen) atoms. The number of unbranched alkanes of at least 4 members (excludes halogenated alkanes) is 1. The van der Waals surface area contributed by atoms with E-state index in [-0.39, 0.29) is 11.4 Å². The van der Waals surface area contributed by atoms with E-state index < -0.39 is 10.0 Å². The topological polar surface area (TPSA) is 81.4 Å². The van der Waals surface area contributed by atoms with Gasteiger partial charge in [-0.25, -0.2) is 13.1 Å². The van der Waals surface area contributed by atoms with Crippen molar-refractivity contribution in [2.24, 2.45) is 5.73 Å². The van der Waals surface area contributed by atoms with E-state index in [4.69, 9.17) is 10.5 Å². The van der Waals surface area contributed by atoms with Crippen LogP contribution < -0.4 is 10.5 Å². The molecule has 5 nitrogen and oxygen atoms in total. The maximum Gasteiger partial charge on any atom is 0.241 e. The van der Waals surface area contributed by atoms with E-state index in [1.54, 1.807) is 25.3 Å². The Kier molecular flexibility index (Phi) is 7.26. The fraction of sp³-hybridized carbons (Fsp3) is 0.429. The summed E-state index contributed by atoms with van der Waals surface area (Å²) in [4.78, 5) is 0.188. The third-order valence-electron chi connectivity index (χ3n) is 2.57. The second-order valence-corrected chi connectivity index (χ2v) is 5.84. The summed E-state index contributed by atoms with van der Waals surface area (Å²) in [5.41, 5.74) is 5.77. The van der Waals surface area contributed by atoms with Gasteiger partial charge >= 0.3 is 0 Å². The molecule has 110 valence electrons. The van der Waals surface area contributed by atoms with E-state index in [1.807, 2.05) is 0 Å². The van der Waals surface area contributed by atoms with Gasteiger partial charge in [-0.2, -0.15) is 0 Å². The maximum absolute atomic E-state index is 12.2. The van der Waals surface area contributed by atoms with Gasteiger partial charge in [0.1, 0.15) is 0 Å². The van der Waals surface area contributed by atoms with E-state index in [0.29, 0.717) is 18.7 Å². The van der Waals surface area contributed by atoms with Crippen molar-refractivity contribution in [3.8, 4) is 11.8 Å². The molecule has 3 N–H and O–H groups in total. The van der Waals surface area contributed by atoms with E-state index in [9.17, 15) is 8.42 Å². The number of hydrogen-bond donors (Lipinski definition) is 2. The van der Waals surface area contributed by atoms with Crippen molar-refractivity contribution in [3.05, 3.63) is 29.8 Å². The molecule has 0 spiro atoms. The maximum atomic E-state index is 12.2. The first-order chi connectivity index (χ1) is 9.61. The van der Waals surface area contributed by atoms with Crippen LogP contribution in [0.15, 0.2) is 29.2 Å². The second kappa shape index (κ2) is 8.72. The van der Waals surface area contributed by atoms with Crippen LogP contribution in [0.5, 0.6) is 0 Å².